The summed E-state index contributed by atoms with van der Waals surface area (Å²) < 4.78 is 0. The van der Waals surface area contributed by atoms with Crippen LogP contribution in [-0.4, -0.2) is 24.2 Å². The summed E-state index contributed by atoms with van der Waals surface area (Å²) in [5, 5.41) is 3.03. The maximum atomic E-state index is 11.7. The first kappa shape index (κ1) is 10.1. The molecule has 2 rings (SSSR count). The van der Waals surface area contributed by atoms with E-state index >= 15 is 0 Å². The highest BCUT2D eigenvalue weighted by atomic mass is 16.2. The smallest absolute Gasteiger partial charge is 0.230 e. The van der Waals surface area contributed by atoms with Gasteiger partial charge in [-0.05, 0) is 31.5 Å². The van der Waals surface area contributed by atoms with Crippen LogP contribution in [0, 0.1) is 6.07 Å². The standard InChI is InChI=1S/C12H12NO2/c14-11(9-5-2-1-3-6-9)12(15)10-7-4-8-13-10/h1-2,5-6,10,13H,4,7-8H2. The molecule has 1 unspecified atom stereocenters. The van der Waals surface area contributed by atoms with Crippen LogP contribution in [0.25, 0.3) is 0 Å². The van der Waals surface area contributed by atoms with Gasteiger partial charge in [0.2, 0.25) is 11.6 Å². The molecule has 3 nitrogen and oxygen atoms in total. The molecule has 0 bridgehead atoms. The predicted molar refractivity (Wildman–Crippen MR) is 55.6 cm³/mol. The fourth-order valence-corrected chi connectivity index (χ4v) is 1.74. The quantitative estimate of drug-likeness (QED) is 0.587. The molecule has 0 spiro atoms. The van der Waals surface area contributed by atoms with E-state index in [0.29, 0.717) is 5.56 Å². The van der Waals surface area contributed by atoms with Gasteiger partial charge in [-0.15, -0.1) is 0 Å². The summed E-state index contributed by atoms with van der Waals surface area (Å²) >= 11 is 0. The second-order valence-corrected chi connectivity index (χ2v) is 3.63. The predicted octanol–water partition coefficient (Wildman–Crippen LogP) is 0.991. The summed E-state index contributed by atoms with van der Waals surface area (Å²) in [6.45, 7) is 0.824. The highest BCUT2D eigenvalue weighted by molar-refractivity contribution is 6.45. The van der Waals surface area contributed by atoms with E-state index in [1.807, 2.05) is 0 Å². The third-order valence-electron chi connectivity index (χ3n) is 2.57. The number of benzene rings is 1. The summed E-state index contributed by atoms with van der Waals surface area (Å²) in [4.78, 5) is 23.4. The van der Waals surface area contributed by atoms with Crippen molar-refractivity contribution in [3.8, 4) is 0 Å². The average Bonchev–Trinajstić information content (AvgIpc) is 2.82. The summed E-state index contributed by atoms with van der Waals surface area (Å²) in [5.74, 6) is -0.738. The molecule has 0 aliphatic carbocycles. The lowest BCUT2D eigenvalue weighted by Crippen LogP contribution is -2.35. The number of rotatable bonds is 3. The van der Waals surface area contributed by atoms with Gasteiger partial charge in [0.15, 0.2) is 0 Å². The summed E-state index contributed by atoms with van der Waals surface area (Å²) in [6, 6.07) is 9.12. The number of carbonyl (C=O) groups excluding carboxylic acids is 2. The van der Waals surface area contributed by atoms with Crippen molar-refractivity contribution < 1.29 is 9.59 Å². The molecule has 1 fully saturated rings. The Hall–Kier alpha value is -1.48. The minimum atomic E-state index is -0.411. The first-order valence-corrected chi connectivity index (χ1v) is 5.07. The highest BCUT2D eigenvalue weighted by Crippen LogP contribution is 2.09. The number of hydrogen-bond donors (Lipinski definition) is 1. The average molecular weight is 202 g/mol. The Morgan fingerprint density at radius 3 is 2.93 bits per heavy atom. The van der Waals surface area contributed by atoms with Gasteiger partial charge in [-0.2, -0.15) is 0 Å². The second kappa shape index (κ2) is 4.36. The zero-order chi connectivity index (χ0) is 10.7. The van der Waals surface area contributed by atoms with Crippen molar-refractivity contribution in [2.45, 2.75) is 18.9 Å². The molecule has 1 saturated heterocycles. The lowest BCUT2D eigenvalue weighted by molar-refractivity contribution is -0.116. The molecule has 1 N–H and O–H groups in total. The molecule has 0 amide bonds. The van der Waals surface area contributed by atoms with Crippen molar-refractivity contribution in [2.24, 2.45) is 0 Å². The van der Waals surface area contributed by atoms with Gasteiger partial charge in [-0.1, -0.05) is 18.2 Å². The molecule has 1 atom stereocenters. The van der Waals surface area contributed by atoms with E-state index in [2.05, 4.69) is 11.4 Å². The maximum absolute atomic E-state index is 11.7. The highest BCUT2D eigenvalue weighted by Gasteiger charge is 2.28. The van der Waals surface area contributed by atoms with Crippen LogP contribution in [0.5, 0.6) is 0 Å². The normalized spacial score (nSPS) is 20.1. The third kappa shape index (κ3) is 2.13. The van der Waals surface area contributed by atoms with Crippen LogP contribution in [0.4, 0.5) is 0 Å². The van der Waals surface area contributed by atoms with Gasteiger partial charge in [0.1, 0.15) is 0 Å². The summed E-state index contributed by atoms with van der Waals surface area (Å²) in [7, 11) is 0. The molecule has 15 heavy (non-hydrogen) atoms. The summed E-state index contributed by atoms with van der Waals surface area (Å²) in [6.07, 6.45) is 1.73. The molecule has 1 aliphatic rings. The van der Waals surface area contributed by atoms with Gasteiger partial charge in [0, 0.05) is 5.56 Å². The summed E-state index contributed by atoms with van der Waals surface area (Å²) in [5.41, 5.74) is 0.427. The lowest BCUT2D eigenvalue weighted by Gasteiger charge is -2.07. The topological polar surface area (TPSA) is 46.2 Å². The molecule has 1 aromatic rings. The van der Waals surface area contributed by atoms with Crippen LogP contribution in [-0.2, 0) is 4.79 Å². The molecule has 0 saturated carbocycles. The second-order valence-electron chi connectivity index (χ2n) is 3.63. The van der Waals surface area contributed by atoms with Gasteiger partial charge >= 0.3 is 0 Å². The zero-order valence-corrected chi connectivity index (χ0v) is 8.32. The molecular formula is C12H12NO2. The maximum Gasteiger partial charge on any atom is 0.230 e. The molecule has 77 valence electrons. The van der Waals surface area contributed by atoms with Gasteiger partial charge in [-0.25, -0.2) is 0 Å². The molecule has 0 aromatic heterocycles. The lowest BCUT2D eigenvalue weighted by atomic mass is 10.0. The van der Waals surface area contributed by atoms with Crippen LogP contribution in [0.1, 0.15) is 23.2 Å². The SMILES string of the molecule is O=C(C(=O)C1CCCN1)c1c[c]ccc1. The van der Waals surface area contributed by atoms with E-state index in [0.717, 1.165) is 19.4 Å². The van der Waals surface area contributed by atoms with Crippen LogP contribution in [0.2, 0.25) is 0 Å². The van der Waals surface area contributed by atoms with E-state index < -0.39 is 5.78 Å². The Morgan fingerprint density at radius 2 is 2.33 bits per heavy atom. The number of nitrogens with one attached hydrogen (secondary N) is 1. The van der Waals surface area contributed by atoms with Crippen LogP contribution in [0.3, 0.4) is 0 Å². The minimum Gasteiger partial charge on any atom is -0.307 e. The van der Waals surface area contributed by atoms with Crippen LogP contribution >= 0.6 is 0 Å². The third-order valence-corrected chi connectivity index (χ3v) is 2.57. The molecule has 1 aliphatic heterocycles. The largest absolute Gasteiger partial charge is 0.307 e. The number of hydrogen-bond acceptors (Lipinski definition) is 3. The van der Waals surface area contributed by atoms with E-state index in [1.54, 1.807) is 24.3 Å². The van der Waals surface area contributed by atoms with Gasteiger partial charge in [-0.3, -0.25) is 9.59 Å². The fourth-order valence-electron chi connectivity index (χ4n) is 1.74. The van der Waals surface area contributed by atoms with Crippen molar-refractivity contribution in [1.82, 2.24) is 5.32 Å². The van der Waals surface area contributed by atoms with E-state index in [-0.39, 0.29) is 11.8 Å². The number of carbonyl (C=O) groups is 2. The van der Waals surface area contributed by atoms with Crippen molar-refractivity contribution in [3.63, 3.8) is 0 Å². The Kier molecular flexibility index (Phi) is 2.92. The molecule has 1 heterocycles. The molecule has 3 heteroatoms. The van der Waals surface area contributed by atoms with Crippen LogP contribution < -0.4 is 5.32 Å². The van der Waals surface area contributed by atoms with Crippen molar-refractivity contribution in [2.75, 3.05) is 6.54 Å². The van der Waals surface area contributed by atoms with Crippen LogP contribution in [0.15, 0.2) is 24.3 Å². The molecular weight excluding hydrogens is 190 g/mol. The monoisotopic (exact) mass is 202 g/mol. The Balaban J connectivity index is 2.11. The van der Waals surface area contributed by atoms with Gasteiger partial charge in [0.05, 0.1) is 6.04 Å². The molecule has 1 radical (unpaired) electrons. The van der Waals surface area contributed by atoms with E-state index in [1.165, 1.54) is 0 Å². The van der Waals surface area contributed by atoms with Gasteiger partial charge < -0.3 is 5.32 Å². The van der Waals surface area contributed by atoms with E-state index in [4.69, 9.17) is 0 Å². The van der Waals surface area contributed by atoms with Gasteiger partial charge in [0.25, 0.3) is 0 Å². The van der Waals surface area contributed by atoms with Crippen molar-refractivity contribution >= 4 is 11.6 Å². The van der Waals surface area contributed by atoms with Crippen molar-refractivity contribution in [1.29, 1.82) is 0 Å². The Bertz CT molecular complexity index is 366. The first-order chi connectivity index (χ1) is 7.29. The number of Topliss-reactive ketones (excluding diaryl/α,β-unsaturated/α-hetero) is 2. The molecule has 1 aromatic carbocycles. The Labute approximate surface area is 88.5 Å². The fraction of sp³-hybridized carbons (Fsp3) is 0.333. The Morgan fingerprint density at radius 1 is 1.47 bits per heavy atom. The first-order valence-electron chi connectivity index (χ1n) is 5.07. The minimum absolute atomic E-state index is 0.280. The zero-order valence-electron chi connectivity index (χ0n) is 8.32. The van der Waals surface area contributed by atoms with Crippen molar-refractivity contribution in [3.05, 3.63) is 35.9 Å². The number of ketones is 2. The van der Waals surface area contributed by atoms with E-state index in [9.17, 15) is 9.59 Å².